The third-order valence-electron chi connectivity index (χ3n) is 7.66. The molecule has 2 aromatic heterocycles. The van der Waals surface area contributed by atoms with Gasteiger partial charge in [-0.2, -0.15) is 0 Å². The molecule has 1 aliphatic carbocycles. The Morgan fingerprint density at radius 2 is 1.93 bits per heavy atom. The summed E-state index contributed by atoms with van der Waals surface area (Å²) in [6.07, 6.45) is 4.82. The van der Waals surface area contributed by atoms with E-state index in [-0.39, 0.29) is 5.78 Å². The molecule has 208 valence electrons. The average Bonchev–Trinajstić information content (AvgIpc) is 3.68. The molecule has 4 aromatic rings. The van der Waals surface area contributed by atoms with Gasteiger partial charge in [0, 0.05) is 56.8 Å². The van der Waals surface area contributed by atoms with E-state index < -0.39 is 0 Å². The Balaban J connectivity index is 1.32. The van der Waals surface area contributed by atoms with Gasteiger partial charge in [-0.15, -0.1) is 5.10 Å². The lowest BCUT2D eigenvalue weighted by molar-refractivity contribution is 0.0398. The summed E-state index contributed by atoms with van der Waals surface area (Å²) in [7, 11) is 1.87. The van der Waals surface area contributed by atoms with Crippen molar-refractivity contribution < 1.29 is 14.3 Å². The Morgan fingerprint density at radius 1 is 1.10 bits per heavy atom. The van der Waals surface area contributed by atoms with Crippen molar-refractivity contribution in [2.24, 2.45) is 5.92 Å². The molecule has 9 nitrogen and oxygen atoms in total. The molecule has 1 aliphatic heterocycles. The highest BCUT2D eigenvalue weighted by molar-refractivity contribution is 5.98. The van der Waals surface area contributed by atoms with E-state index in [1.807, 2.05) is 67.1 Å². The molecule has 1 saturated carbocycles. The van der Waals surface area contributed by atoms with Crippen molar-refractivity contribution in [3.8, 4) is 22.9 Å². The number of fused-ring (bicyclic) bond motifs is 1. The van der Waals surface area contributed by atoms with E-state index in [1.165, 1.54) is 12.8 Å². The largest absolute Gasteiger partial charge is 0.435 e. The average molecular weight is 541 g/mol. The van der Waals surface area contributed by atoms with Crippen LogP contribution in [0.5, 0.6) is 11.6 Å². The molecular weight excluding hydrogens is 504 g/mol. The van der Waals surface area contributed by atoms with Gasteiger partial charge in [0.05, 0.1) is 36.5 Å². The summed E-state index contributed by atoms with van der Waals surface area (Å²) < 4.78 is 13.6. The van der Waals surface area contributed by atoms with Gasteiger partial charge in [-0.1, -0.05) is 24.3 Å². The Morgan fingerprint density at radius 3 is 2.70 bits per heavy atom. The number of ether oxygens (including phenoxy) is 2. The molecule has 2 aromatic carbocycles. The fraction of sp³-hybridized carbons (Fsp3) is 0.387. The molecule has 0 radical (unpaired) electrons. The smallest absolute Gasteiger partial charge is 0.239 e. The van der Waals surface area contributed by atoms with Crippen LogP contribution in [0.4, 0.5) is 11.4 Å². The molecule has 1 saturated heterocycles. The number of aryl methyl sites for hydroxylation is 1. The molecule has 0 spiro atoms. The van der Waals surface area contributed by atoms with E-state index in [9.17, 15) is 4.79 Å². The number of nitrogens with one attached hydrogen (secondary N) is 2. The van der Waals surface area contributed by atoms with Gasteiger partial charge in [-0.25, -0.2) is 9.50 Å². The van der Waals surface area contributed by atoms with E-state index in [1.54, 1.807) is 0 Å². The normalized spacial score (nSPS) is 15.8. The number of hydrogen-bond donors (Lipinski definition) is 2. The second-order valence-corrected chi connectivity index (χ2v) is 10.6. The monoisotopic (exact) mass is 540 g/mol. The number of Topliss-reactive ketones (excluding diaryl/α,β-unsaturated/α-hetero) is 1. The first-order valence-electron chi connectivity index (χ1n) is 14.1. The van der Waals surface area contributed by atoms with E-state index in [0.29, 0.717) is 24.0 Å². The fourth-order valence-electron chi connectivity index (χ4n) is 5.20. The number of carbonyl (C=O) groups is 1. The molecule has 0 unspecified atom stereocenters. The molecule has 2 fully saturated rings. The highest BCUT2D eigenvalue weighted by Gasteiger charge is 2.26. The zero-order valence-electron chi connectivity index (χ0n) is 23.2. The predicted molar refractivity (Wildman–Crippen MR) is 157 cm³/mol. The number of aromatic nitrogens is 3. The predicted octanol–water partition coefficient (Wildman–Crippen LogP) is 5.27. The van der Waals surface area contributed by atoms with Gasteiger partial charge in [-0.05, 0) is 49.4 Å². The lowest BCUT2D eigenvalue weighted by Gasteiger charge is -2.26. The molecule has 0 bridgehead atoms. The summed E-state index contributed by atoms with van der Waals surface area (Å²) >= 11 is 0. The molecule has 9 heteroatoms. The number of carbonyl (C=O) groups excluding carboxylic acids is 1. The van der Waals surface area contributed by atoms with Crippen LogP contribution in [0.2, 0.25) is 0 Å². The number of rotatable bonds is 11. The van der Waals surface area contributed by atoms with Gasteiger partial charge in [-0.3, -0.25) is 9.69 Å². The van der Waals surface area contributed by atoms with Crippen LogP contribution < -0.4 is 15.4 Å². The summed E-state index contributed by atoms with van der Waals surface area (Å²) in [6, 6.07) is 15.7. The highest BCUT2D eigenvalue weighted by atomic mass is 16.5. The van der Waals surface area contributed by atoms with Gasteiger partial charge < -0.3 is 20.1 Å². The molecule has 2 aliphatic rings. The lowest BCUT2D eigenvalue weighted by atomic mass is 9.98. The summed E-state index contributed by atoms with van der Waals surface area (Å²) in [6.45, 7) is 7.09. The first-order valence-corrected chi connectivity index (χ1v) is 14.1. The van der Waals surface area contributed by atoms with Crippen LogP contribution in [-0.2, 0) is 4.74 Å². The first-order chi connectivity index (χ1) is 19.6. The van der Waals surface area contributed by atoms with Crippen LogP contribution in [0.3, 0.4) is 0 Å². The van der Waals surface area contributed by atoms with Crippen molar-refractivity contribution in [2.75, 3.05) is 57.1 Å². The summed E-state index contributed by atoms with van der Waals surface area (Å²) in [5.74, 6) is 1.94. The number of ketones is 1. The zero-order chi connectivity index (χ0) is 27.5. The van der Waals surface area contributed by atoms with Gasteiger partial charge >= 0.3 is 0 Å². The number of imidazole rings is 1. The van der Waals surface area contributed by atoms with Crippen LogP contribution >= 0.6 is 0 Å². The number of para-hydroxylation sites is 2. The Labute approximate surface area is 234 Å². The molecular formula is C31H36N6O3. The van der Waals surface area contributed by atoms with Crippen molar-refractivity contribution in [2.45, 2.75) is 26.2 Å². The third kappa shape index (κ3) is 5.80. The number of nitrogens with zero attached hydrogens (tertiary/aromatic N) is 4. The number of anilines is 2. The Kier molecular flexibility index (Phi) is 7.66. The third-order valence-corrected chi connectivity index (χ3v) is 7.66. The maximum atomic E-state index is 12.8. The quantitative estimate of drug-likeness (QED) is 0.249. The van der Waals surface area contributed by atoms with E-state index in [0.717, 1.165) is 78.8 Å². The van der Waals surface area contributed by atoms with E-state index >= 15 is 0 Å². The molecule has 2 N–H and O–H groups in total. The van der Waals surface area contributed by atoms with Crippen LogP contribution in [0.25, 0.3) is 16.9 Å². The van der Waals surface area contributed by atoms with Crippen LogP contribution in [0.1, 0.15) is 35.2 Å². The summed E-state index contributed by atoms with van der Waals surface area (Å²) in [4.78, 5) is 19.9. The van der Waals surface area contributed by atoms with Gasteiger partial charge in [0.1, 0.15) is 0 Å². The minimum Gasteiger partial charge on any atom is -0.435 e. The summed E-state index contributed by atoms with van der Waals surface area (Å²) in [5, 5.41) is 11.6. The van der Waals surface area contributed by atoms with Crippen molar-refractivity contribution in [1.29, 1.82) is 0 Å². The second-order valence-electron chi connectivity index (χ2n) is 10.6. The van der Waals surface area contributed by atoms with Crippen LogP contribution in [-0.4, -0.2) is 71.7 Å². The van der Waals surface area contributed by atoms with Crippen molar-refractivity contribution in [3.05, 3.63) is 65.9 Å². The minimum atomic E-state index is 0.230. The fourth-order valence-corrected chi connectivity index (χ4v) is 5.20. The topological polar surface area (TPSA) is 93.0 Å². The SMILES string of the molecule is CNc1ccccc1Oc1cc(NCCN2CCOCC2)c2ncc(-c3ccc(C(=O)CC4CC4)c(C)c3)n2n1. The first kappa shape index (κ1) is 26.3. The van der Waals surface area contributed by atoms with Gasteiger partial charge in [0.2, 0.25) is 5.88 Å². The molecule has 3 heterocycles. The highest BCUT2D eigenvalue weighted by Crippen LogP contribution is 2.35. The van der Waals surface area contributed by atoms with Gasteiger partial charge in [0.25, 0.3) is 0 Å². The molecule has 0 atom stereocenters. The number of benzene rings is 2. The maximum absolute atomic E-state index is 12.8. The lowest BCUT2D eigenvalue weighted by Crippen LogP contribution is -2.39. The maximum Gasteiger partial charge on any atom is 0.239 e. The minimum absolute atomic E-state index is 0.230. The molecule has 6 rings (SSSR count). The number of morpholine rings is 1. The van der Waals surface area contributed by atoms with Crippen molar-refractivity contribution in [1.82, 2.24) is 19.5 Å². The standard InChI is InChI=1S/C31H36N6O3/c1-21-17-23(9-10-24(21)28(38)18-22-7-8-22)27-20-34-31-26(33-11-12-36-13-15-39-16-14-36)19-30(35-37(27)31)40-29-6-4-3-5-25(29)32-2/h3-6,9-10,17,19-20,22,32-33H,7-8,11-16,18H2,1-2H3. The second kappa shape index (κ2) is 11.7. The molecule has 40 heavy (non-hydrogen) atoms. The van der Waals surface area contributed by atoms with E-state index in [4.69, 9.17) is 19.6 Å². The van der Waals surface area contributed by atoms with Gasteiger partial charge in [0.15, 0.2) is 17.2 Å². The number of hydrogen-bond acceptors (Lipinski definition) is 8. The van der Waals surface area contributed by atoms with Crippen molar-refractivity contribution >= 4 is 22.8 Å². The zero-order valence-corrected chi connectivity index (χ0v) is 23.2. The summed E-state index contributed by atoms with van der Waals surface area (Å²) in [5.41, 5.74) is 6.00. The van der Waals surface area contributed by atoms with E-state index in [2.05, 4.69) is 21.6 Å². The van der Waals surface area contributed by atoms with Crippen LogP contribution in [0, 0.1) is 12.8 Å². The molecule has 0 amide bonds. The Hall–Kier alpha value is -3.95. The van der Waals surface area contributed by atoms with Crippen molar-refractivity contribution in [3.63, 3.8) is 0 Å². The van der Waals surface area contributed by atoms with Crippen LogP contribution in [0.15, 0.2) is 54.7 Å². The Bertz CT molecular complexity index is 1510.